The van der Waals surface area contributed by atoms with Gasteiger partial charge in [0.25, 0.3) is 26.9 Å². The molecule has 8 nitrogen and oxygen atoms in total. The Kier molecular flexibility index (Phi) is 19.2. The lowest BCUT2D eigenvalue weighted by Crippen LogP contribution is -2.57. The van der Waals surface area contributed by atoms with Crippen molar-refractivity contribution in [3.63, 3.8) is 0 Å². The fourth-order valence-electron chi connectivity index (χ4n) is 20.4. The number of benzene rings is 20. The quantitative estimate of drug-likeness (QED) is 0.139. The van der Waals surface area contributed by atoms with Crippen LogP contribution in [0, 0.1) is 0 Å². The summed E-state index contributed by atoms with van der Waals surface area (Å²) in [5, 5.41) is 0. The van der Waals surface area contributed by atoms with E-state index in [9.17, 15) is 0 Å². The van der Waals surface area contributed by atoms with Crippen molar-refractivity contribution in [1.82, 2.24) is 0 Å². The lowest BCUT2D eigenvalue weighted by atomic mass is 9.34. The molecule has 132 heavy (non-hydrogen) atoms. The molecule has 0 atom stereocenters. The van der Waals surface area contributed by atoms with E-state index in [-0.39, 0.29) is 26.9 Å². The first kappa shape index (κ1) is 77.4. The van der Waals surface area contributed by atoms with Crippen LogP contribution in [0.15, 0.2) is 461 Å². The van der Waals surface area contributed by atoms with Crippen molar-refractivity contribution < 1.29 is 37.9 Å². The number of hydrogen-bond donors (Lipinski definition) is 0. The van der Waals surface area contributed by atoms with Crippen LogP contribution in [-0.4, -0.2) is 26.9 Å². The molecule has 0 radical (unpaired) electrons. The maximum atomic E-state index is 6.56. The van der Waals surface area contributed by atoms with Crippen LogP contribution >= 0.6 is 0 Å². The minimum Gasteiger partial charge on any atom is -0.458 e. The van der Waals surface area contributed by atoms with Gasteiger partial charge in [0.1, 0.15) is 92.0 Å². The van der Waals surface area contributed by atoms with E-state index in [1.807, 2.05) is 109 Å². The third kappa shape index (κ3) is 13.7. The summed E-state index contributed by atoms with van der Waals surface area (Å²) in [5.41, 5.74) is 32.4. The van der Waals surface area contributed by atoms with Crippen LogP contribution in [0.4, 0.5) is 0 Å². The number of hydrogen-bond acceptors (Lipinski definition) is 8. The summed E-state index contributed by atoms with van der Waals surface area (Å²) in [6.07, 6.45) is 0. The van der Waals surface area contributed by atoms with Crippen LogP contribution < -0.4 is 103 Å². The van der Waals surface area contributed by atoms with Gasteiger partial charge >= 0.3 is 0 Å². The monoisotopic (exact) mass is 1690 g/mol. The molecule has 0 bridgehead atoms. The van der Waals surface area contributed by atoms with E-state index < -0.39 is 0 Å². The fraction of sp³-hybridized carbons (Fsp3) is 0. The molecule has 616 valence electrons. The van der Waals surface area contributed by atoms with Crippen molar-refractivity contribution in [2.45, 2.75) is 0 Å². The summed E-state index contributed by atoms with van der Waals surface area (Å²) in [7, 11) is 0. The Labute approximate surface area is 767 Å². The average Bonchev–Trinajstić information content (AvgIpc) is 0.732. The van der Waals surface area contributed by atoms with Crippen molar-refractivity contribution >= 4 is 92.4 Å². The van der Waals surface area contributed by atoms with Crippen LogP contribution in [0.5, 0.6) is 92.0 Å². The van der Waals surface area contributed by atoms with E-state index >= 15 is 0 Å². The normalized spacial score (nSPS) is 12.7. The molecule has 8 heterocycles. The first-order valence-corrected chi connectivity index (χ1v) is 44.9. The highest BCUT2D eigenvalue weighted by Gasteiger charge is 2.46. The largest absolute Gasteiger partial charge is 0.458 e. The van der Waals surface area contributed by atoms with Crippen LogP contribution in [0.2, 0.25) is 0 Å². The second-order valence-electron chi connectivity index (χ2n) is 34.1. The van der Waals surface area contributed by atoms with Crippen molar-refractivity contribution in [1.29, 1.82) is 0 Å². The van der Waals surface area contributed by atoms with Gasteiger partial charge in [-0.25, -0.2) is 0 Å². The molecule has 0 saturated carbocycles. The number of para-hydroxylation sites is 3. The van der Waals surface area contributed by atoms with Crippen molar-refractivity contribution in [2.24, 2.45) is 0 Å². The van der Waals surface area contributed by atoms with E-state index in [2.05, 4.69) is 352 Å². The minimum atomic E-state index is 0.0519. The molecule has 8 aliphatic rings. The number of fused-ring (bicyclic) bond motifs is 16. The van der Waals surface area contributed by atoms with E-state index in [4.69, 9.17) is 37.9 Å². The van der Waals surface area contributed by atoms with Gasteiger partial charge in [-0.2, -0.15) is 0 Å². The third-order valence-electron chi connectivity index (χ3n) is 26.5. The van der Waals surface area contributed by atoms with Gasteiger partial charge in [0.2, 0.25) is 0 Å². The molecule has 20 aromatic carbocycles. The second-order valence-corrected chi connectivity index (χ2v) is 34.1. The molecule has 12 heteroatoms. The molecule has 0 spiro atoms. The van der Waals surface area contributed by atoms with Gasteiger partial charge in [0.15, 0.2) is 0 Å². The standard InChI is InChI=1S/4C30H19BO2/c1-3-9-20(10-4-1)22-17-18-24-28(19-22)32-26-15-8-16-27-29(26)31(24)25-14-7-13-23(30(25)33-27)21-11-5-2-6-12-21;1-3-9-20(10-4-1)22-17-18-26-25(19-22)31-24-14-7-13-23(21-11-5-2-6-12-21)30(24)33-28-16-8-15-27(32-26)29(28)31;1-3-9-20(10-4-1)22-15-17-27-25(19-22)31-24-13-7-8-14-26(24)33-30-23(21-11-5-2-6-12-21)16-18-28(32-27)29(30)31;1-3-8-20(9-4-1)22-15-17-26-25(18-22)31-24-16-14-23(21-10-5-2-6-11-21)19-29(24)33-28-13-7-12-27(32-26)30(28)31/h4*1-19H. The van der Waals surface area contributed by atoms with Gasteiger partial charge in [-0.15, -0.1) is 0 Å². The van der Waals surface area contributed by atoms with Crippen molar-refractivity contribution in [3.05, 3.63) is 461 Å². The predicted molar refractivity (Wildman–Crippen MR) is 540 cm³/mol. The molecule has 28 rings (SSSR count). The van der Waals surface area contributed by atoms with Gasteiger partial charge in [-0.05, 0) is 201 Å². The van der Waals surface area contributed by atoms with Gasteiger partial charge in [0, 0.05) is 38.5 Å². The van der Waals surface area contributed by atoms with Gasteiger partial charge in [-0.3, -0.25) is 0 Å². The first-order valence-electron chi connectivity index (χ1n) is 44.9. The Balaban J connectivity index is 0.0000000945. The average molecular weight is 1690 g/mol. The second kappa shape index (κ2) is 32.7. The zero-order valence-corrected chi connectivity index (χ0v) is 71.5. The SMILES string of the molecule is c1ccc(-c2ccc3c(c2)B2c4cccc(-c5ccccc5)c4Oc4cccc(c42)O3)cc1.c1ccc(-c2ccc3c(c2)B2c4ccccc4Oc4c(-c5ccccc5)ccc(c42)O3)cc1.c1ccc(-c2ccc3c(c2)Oc2cccc4c2B3c2cc(-c3ccccc3)ccc2O4)cc1.c1ccc(-c2ccc3c(c2)Oc2cccc4c2B3c2cccc(-c3ccccc3)c2O4)cc1. The van der Waals surface area contributed by atoms with E-state index in [1.54, 1.807) is 0 Å². The zero-order chi connectivity index (χ0) is 87.1. The highest BCUT2D eigenvalue weighted by atomic mass is 16.5. The molecular weight excluding hydrogens is 1610 g/mol. The van der Waals surface area contributed by atoms with Crippen molar-refractivity contribution in [3.8, 4) is 181 Å². The van der Waals surface area contributed by atoms with E-state index in [1.165, 1.54) is 88.2 Å². The smallest absolute Gasteiger partial charge is 0.260 e. The Bertz CT molecular complexity index is 7710. The summed E-state index contributed by atoms with van der Waals surface area (Å²) in [5.74, 6) is 14.2. The van der Waals surface area contributed by atoms with Crippen LogP contribution in [0.25, 0.3) is 89.0 Å². The molecule has 0 saturated heterocycles. The van der Waals surface area contributed by atoms with Crippen LogP contribution in [0.3, 0.4) is 0 Å². The lowest BCUT2D eigenvalue weighted by Gasteiger charge is -2.34. The number of ether oxygens (including phenoxy) is 8. The fourth-order valence-corrected chi connectivity index (χ4v) is 20.4. The maximum absolute atomic E-state index is 6.56. The summed E-state index contributed by atoms with van der Waals surface area (Å²) in [6.45, 7) is 0.237. The summed E-state index contributed by atoms with van der Waals surface area (Å²) in [4.78, 5) is 0. The molecular formula is C120H76B4O8. The van der Waals surface area contributed by atoms with Crippen molar-refractivity contribution in [2.75, 3.05) is 0 Å². The highest BCUT2D eigenvalue weighted by molar-refractivity contribution is 7.00. The maximum Gasteiger partial charge on any atom is 0.260 e. The first-order chi connectivity index (χ1) is 65.4. The minimum absolute atomic E-state index is 0.0519. The molecule has 0 N–H and O–H groups in total. The molecule has 0 amide bonds. The number of rotatable bonds is 8. The van der Waals surface area contributed by atoms with Gasteiger partial charge in [-0.1, -0.05) is 376 Å². The summed E-state index contributed by atoms with van der Waals surface area (Å²) in [6, 6.07) is 160. The van der Waals surface area contributed by atoms with E-state index in [0.29, 0.717) is 0 Å². The molecule has 0 unspecified atom stereocenters. The topological polar surface area (TPSA) is 73.8 Å². The van der Waals surface area contributed by atoms with E-state index in [0.717, 1.165) is 158 Å². The Morgan fingerprint density at radius 2 is 0.341 bits per heavy atom. The molecule has 0 aromatic heterocycles. The molecule has 0 fully saturated rings. The zero-order valence-electron chi connectivity index (χ0n) is 71.5. The predicted octanol–water partition coefficient (Wildman–Crippen LogP) is 23.0. The van der Waals surface area contributed by atoms with Gasteiger partial charge in [0.05, 0.1) is 0 Å². The van der Waals surface area contributed by atoms with Gasteiger partial charge < -0.3 is 37.9 Å². The van der Waals surface area contributed by atoms with Crippen LogP contribution in [0.1, 0.15) is 0 Å². The molecule has 0 aliphatic carbocycles. The Hall–Kier alpha value is -16.9. The summed E-state index contributed by atoms with van der Waals surface area (Å²) < 4.78 is 51.7. The third-order valence-corrected chi connectivity index (χ3v) is 26.5. The highest BCUT2D eigenvalue weighted by Crippen LogP contribution is 2.46. The molecule has 20 aromatic rings. The Morgan fingerprint density at radius 3 is 0.712 bits per heavy atom. The molecule has 8 aliphatic heterocycles. The summed E-state index contributed by atoms with van der Waals surface area (Å²) >= 11 is 0. The van der Waals surface area contributed by atoms with Crippen LogP contribution in [-0.2, 0) is 0 Å². The lowest BCUT2D eigenvalue weighted by molar-refractivity contribution is 0.464. The Morgan fingerprint density at radius 1 is 0.114 bits per heavy atom.